The minimum atomic E-state index is 0.570. The van der Waals surface area contributed by atoms with Crippen molar-refractivity contribution in [1.82, 2.24) is 0 Å². The summed E-state index contributed by atoms with van der Waals surface area (Å²) in [5.74, 6) is 1.70. The second kappa shape index (κ2) is 8.25. The van der Waals surface area contributed by atoms with E-state index in [4.69, 9.17) is 21.1 Å². The topological polar surface area (TPSA) is 18.5 Å². The first kappa shape index (κ1) is 16.9. The van der Waals surface area contributed by atoms with Crippen LogP contribution in [-0.2, 0) is 0 Å². The number of rotatable bonds is 6. The highest BCUT2D eigenvalue weighted by atomic mass is 79.9. The molecule has 2 rings (SSSR count). The normalized spacial score (nSPS) is 10.2. The molecule has 0 N–H and O–H groups in total. The molecule has 0 amide bonds. The third-order valence-electron chi connectivity index (χ3n) is 3.10. The number of hydrogen-bond donors (Lipinski definition) is 0. The van der Waals surface area contributed by atoms with Crippen LogP contribution in [0, 0.1) is 0 Å². The van der Waals surface area contributed by atoms with Crippen molar-refractivity contribution in [2.75, 3.05) is 13.2 Å². The van der Waals surface area contributed by atoms with Crippen molar-refractivity contribution in [3.8, 4) is 11.5 Å². The standard InChI is InChI=1S/C18H18BrClO2/c1-3-21-15-9-5-13(6-10-15)17(18(19)20)14-7-11-16(12-8-14)22-4-2/h5-12H,3-4H2,1-2H3. The zero-order valence-electron chi connectivity index (χ0n) is 12.6. The summed E-state index contributed by atoms with van der Waals surface area (Å²) in [5.41, 5.74) is 2.98. The predicted octanol–water partition coefficient (Wildman–Crippen LogP) is 5.83. The van der Waals surface area contributed by atoms with E-state index < -0.39 is 0 Å². The Morgan fingerprint density at radius 3 is 1.45 bits per heavy atom. The Hall–Kier alpha value is -1.45. The van der Waals surface area contributed by atoms with Gasteiger partial charge in [-0.3, -0.25) is 0 Å². The van der Waals surface area contributed by atoms with Gasteiger partial charge in [-0.25, -0.2) is 0 Å². The molecule has 0 spiro atoms. The quantitative estimate of drug-likeness (QED) is 0.626. The van der Waals surface area contributed by atoms with Crippen molar-refractivity contribution in [1.29, 1.82) is 0 Å². The second-order valence-corrected chi connectivity index (χ2v) is 6.18. The van der Waals surface area contributed by atoms with E-state index in [2.05, 4.69) is 15.9 Å². The fourth-order valence-electron chi connectivity index (χ4n) is 2.15. The molecule has 116 valence electrons. The maximum atomic E-state index is 6.25. The van der Waals surface area contributed by atoms with Crippen LogP contribution in [0.25, 0.3) is 5.57 Å². The maximum Gasteiger partial charge on any atom is 0.119 e. The van der Waals surface area contributed by atoms with Crippen molar-refractivity contribution in [2.24, 2.45) is 0 Å². The molecule has 0 aliphatic carbocycles. The monoisotopic (exact) mass is 380 g/mol. The van der Waals surface area contributed by atoms with Crippen LogP contribution < -0.4 is 9.47 Å². The zero-order valence-corrected chi connectivity index (χ0v) is 14.9. The molecule has 0 aliphatic rings. The molecule has 0 unspecified atom stereocenters. The van der Waals surface area contributed by atoms with E-state index in [1.54, 1.807) is 0 Å². The molecule has 0 heterocycles. The van der Waals surface area contributed by atoms with Gasteiger partial charge < -0.3 is 9.47 Å². The molecule has 0 aliphatic heterocycles. The van der Waals surface area contributed by atoms with Crippen LogP contribution in [0.15, 0.2) is 52.5 Å². The summed E-state index contributed by atoms with van der Waals surface area (Å²) in [4.78, 5) is 0. The SMILES string of the molecule is CCOc1ccc(C(=C(Cl)Br)c2ccc(OCC)cc2)cc1. The molecule has 0 saturated carbocycles. The fourth-order valence-corrected chi connectivity index (χ4v) is 2.83. The van der Waals surface area contributed by atoms with Gasteiger partial charge in [0.05, 0.1) is 17.2 Å². The lowest BCUT2D eigenvalue weighted by atomic mass is 9.99. The summed E-state index contributed by atoms with van der Waals surface area (Å²) in [7, 11) is 0. The first-order chi connectivity index (χ1) is 10.7. The number of benzene rings is 2. The van der Waals surface area contributed by atoms with Crippen molar-refractivity contribution in [2.45, 2.75) is 13.8 Å². The van der Waals surface area contributed by atoms with Gasteiger partial charge in [0.1, 0.15) is 11.5 Å². The second-order valence-electron chi connectivity index (χ2n) is 4.55. The molecule has 2 nitrogen and oxygen atoms in total. The van der Waals surface area contributed by atoms with Crippen LogP contribution in [0.5, 0.6) is 11.5 Å². The first-order valence-corrected chi connectivity index (χ1v) is 8.34. The molecule has 22 heavy (non-hydrogen) atoms. The third kappa shape index (κ3) is 4.28. The highest BCUT2D eigenvalue weighted by molar-refractivity contribution is 9.12. The Bertz CT molecular complexity index is 578. The number of ether oxygens (including phenoxy) is 2. The lowest BCUT2D eigenvalue weighted by Gasteiger charge is -2.11. The van der Waals surface area contributed by atoms with Crippen LogP contribution in [-0.4, -0.2) is 13.2 Å². The molecule has 0 aromatic heterocycles. The van der Waals surface area contributed by atoms with E-state index in [0.29, 0.717) is 17.2 Å². The highest BCUT2D eigenvalue weighted by Crippen LogP contribution is 2.33. The van der Waals surface area contributed by atoms with Gasteiger partial charge in [-0.05, 0) is 65.2 Å². The Balaban J connectivity index is 2.32. The summed E-state index contributed by atoms with van der Waals surface area (Å²) < 4.78 is 11.5. The van der Waals surface area contributed by atoms with Gasteiger partial charge >= 0.3 is 0 Å². The summed E-state index contributed by atoms with van der Waals surface area (Å²) >= 11 is 9.64. The molecule has 0 fully saturated rings. The summed E-state index contributed by atoms with van der Waals surface area (Å²) in [6, 6.07) is 15.8. The average molecular weight is 382 g/mol. The number of halogens is 2. The van der Waals surface area contributed by atoms with Gasteiger partial charge in [0.15, 0.2) is 0 Å². The Morgan fingerprint density at radius 1 is 0.818 bits per heavy atom. The average Bonchev–Trinajstić information content (AvgIpc) is 2.51. The van der Waals surface area contributed by atoms with Crippen LogP contribution in [0.1, 0.15) is 25.0 Å². The molecule has 0 saturated heterocycles. The molecular weight excluding hydrogens is 364 g/mol. The molecule has 2 aromatic rings. The zero-order chi connectivity index (χ0) is 15.9. The van der Waals surface area contributed by atoms with E-state index in [-0.39, 0.29) is 0 Å². The van der Waals surface area contributed by atoms with Crippen LogP contribution in [0.4, 0.5) is 0 Å². The predicted molar refractivity (Wildman–Crippen MR) is 96.0 cm³/mol. The van der Waals surface area contributed by atoms with E-state index in [1.165, 1.54) is 0 Å². The fraction of sp³-hybridized carbons (Fsp3) is 0.222. The molecular formula is C18H18BrClO2. The lowest BCUT2D eigenvalue weighted by Crippen LogP contribution is -1.94. The first-order valence-electron chi connectivity index (χ1n) is 7.17. The van der Waals surface area contributed by atoms with E-state index in [9.17, 15) is 0 Å². The van der Waals surface area contributed by atoms with Crippen LogP contribution >= 0.6 is 27.5 Å². The minimum Gasteiger partial charge on any atom is -0.494 e. The van der Waals surface area contributed by atoms with Crippen LogP contribution in [0.2, 0.25) is 0 Å². The Morgan fingerprint density at radius 2 is 1.18 bits per heavy atom. The number of hydrogen-bond acceptors (Lipinski definition) is 2. The van der Waals surface area contributed by atoms with E-state index in [1.807, 2.05) is 62.4 Å². The third-order valence-corrected chi connectivity index (χ3v) is 3.68. The summed E-state index contributed by atoms with van der Waals surface area (Å²) in [6.45, 7) is 5.24. The van der Waals surface area contributed by atoms with Gasteiger partial charge in [-0.15, -0.1) is 0 Å². The molecule has 0 radical (unpaired) electrons. The van der Waals surface area contributed by atoms with E-state index in [0.717, 1.165) is 28.2 Å². The summed E-state index contributed by atoms with van der Waals surface area (Å²) in [6.07, 6.45) is 0. The van der Waals surface area contributed by atoms with E-state index >= 15 is 0 Å². The Labute approximate surface area is 144 Å². The molecule has 0 atom stereocenters. The van der Waals surface area contributed by atoms with Gasteiger partial charge in [0.2, 0.25) is 0 Å². The van der Waals surface area contributed by atoms with Crippen molar-refractivity contribution in [3.05, 3.63) is 63.6 Å². The molecule has 2 aromatic carbocycles. The minimum absolute atomic E-state index is 0.570. The largest absolute Gasteiger partial charge is 0.494 e. The van der Waals surface area contributed by atoms with Crippen LogP contribution in [0.3, 0.4) is 0 Å². The van der Waals surface area contributed by atoms with Crippen molar-refractivity contribution in [3.63, 3.8) is 0 Å². The van der Waals surface area contributed by atoms with Gasteiger partial charge in [-0.2, -0.15) is 0 Å². The van der Waals surface area contributed by atoms with Crippen molar-refractivity contribution < 1.29 is 9.47 Å². The van der Waals surface area contributed by atoms with Crippen molar-refractivity contribution >= 4 is 33.1 Å². The highest BCUT2D eigenvalue weighted by Gasteiger charge is 2.10. The van der Waals surface area contributed by atoms with Gasteiger partial charge in [0, 0.05) is 5.57 Å². The van der Waals surface area contributed by atoms with Gasteiger partial charge in [-0.1, -0.05) is 35.9 Å². The molecule has 0 bridgehead atoms. The Kier molecular flexibility index (Phi) is 6.34. The summed E-state index contributed by atoms with van der Waals surface area (Å²) in [5, 5.41) is 0. The lowest BCUT2D eigenvalue weighted by molar-refractivity contribution is 0.340. The molecule has 4 heteroatoms. The van der Waals surface area contributed by atoms with Gasteiger partial charge in [0.25, 0.3) is 0 Å². The maximum absolute atomic E-state index is 6.25. The smallest absolute Gasteiger partial charge is 0.119 e.